The van der Waals surface area contributed by atoms with Crippen LogP contribution in [0.1, 0.15) is 50.7 Å². The predicted molar refractivity (Wildman–Crippen MR) is 63.3 cm³/mol. The molecule has 0 saturated heterocycles. The van der Waals surface area contributed by atoms with Gasteiger partial charge in [-0.2, -0.15) is 4.98 Å². The van der Waals surface area contributed by atoms with Crippen molar-refractivity contribution < 1.29 is 9.26 Å². The standard InChI is InChI=1S/C12H21N3O2/c1-2-7-16-9-10-14-11(17-15-10)8-12(13)5-3-4-6-12/h2-9,13H2,1H3. The molecule has 0 aromatic carbocycles. The Hall–Kier alpha value is -0.940. The summed E-state index contributed by atoms with van der Waals surface area (Å²) in [5.74, 6) is 1.26. The molecule has 0 amide bonds. The van der Waals surface area contributed by atoms with Crippen molar-refractivity contribution in [3.63, 3.8) is 0 Å². The first kappa shape index (κ1) is 12.5. The first-order valence-corrected chi connectivity index (χ1v) is 6.40. The van der Waals surface area contributed by atoms with E-state index in [0.717, 1.165) is 25.9 Å². The average molecular weight is 239 g/mol. The molecule has 1 aliphatic rings. The molecule has 1 fully saturated rings. The molecule has 0 atom stereocenters. The van der Waals surface area contributed by atoms with E-state index < -0.39 is 0 Å². The Kier molecular flexibility index (Phi) is 4.12. The van der Waals surface area contributed by atoms with Crippen LogP contribution in [0, 0.1) is 0 Å². The number of aromatic nitrogens is 2. The smallest absolute Gasteiger partial charge is 0.228 e. The second kappa shape index (κ2) is 5.60. The predicted octanol–water partition coefficient (Wildman–Crippen LogP) is 1.81. The van der Waals surface area contributed by atoms with Gasteiger partial charge in [-0.05, 0) is 19.3 Å². The van der Waals surface area contributed by atoms with Crippen molar-refractivity contribution in [3.05, 3.63) is 11.7 Å². The monoisotopic (exact) mass is 239 g/mol. The van der Waals surface area contributed by atoms with Crippen LogP contribution < -0.4 is 5.73 Å². The topological polar surface area (TPSA) is 74.2 Å². The summed E-state index contributed by atoms with van der Waals surface area (Å²) >= 11 is 0. The highest BCUT2D eigenvalue weighted by Crippen LogP contribution is 2.29. The molecule has 1 aromatic rings. The number of rotatable bonds is 6. The lowest BCUT2D eigenvalue weighted by Gasteiger charge is -2.20. The maximum atomic E-state index is 6.26. The summed E-state index contributed by atoms with van der Waals surface area (Å²) in [6.07, 6.45) is 6.20. The van der Waals surface area contributed by atoms with E-state index in [-0.39, 0.29) is 5.54 Å². The Bertz CT molecular complexity index is 345. The van der Waals surface area contributed by atoms with Gasteiger partial charge in [-0.15, -0.1) is 0 Å². The summed E-state index contributed by atoms with van der Waals surface area (Å²) in [6.45, 7) is 3.22. The lowest BCUT2D eigenvalue weighted by molar-refractivity contribution is 0.114. The Morgan fingerprint density at radius 1 is 1.41 bits per heavy atom. The SMILES string of the molecule is CCCOCc1noc(CC2(N)CCCC2)n1. The van der Waals surface area contributed by atoms with Gasteiger partial charge in [0.05, 0.1) is 0 Å². The van der Waals surface area contributed by atoms with Gasteiger partial charge in [0.25, 0.3) is 0 Å². The molecular formula is C12H21N3O2. The zero-order valence-corrected chi connectivity index (χ0v) is 10.4. The van der Waals surface area contributed by atoms with Crippen molar-refractivity contribution in [2.45, 2.75) is 57.6 Å². The first-order valence-electron chi connectivity index (χ1n) is 6.40. The Morgan fingerprint density at radius 3 is 2.88 bits per heavy atom. The van der Waals surface area contributed by atoms with E-state index in [2.05, 4.69) is 17.1 Å². The lowest BCUT2D eigenvalue weighted by Crippen LogP contribution is -2.38. The minimum Gasteiger partial charge on any atom is -0.373 e. The van der Waals surface area contributed by atoms with Crippen LogP contribution in [0.4, 0.5) is 0 Å². The van der Waals surface area contributed by atoms with Crippen LogP contribution in [0.5, 0.6) is 0 Å². The van der Waals surface area contributed by atoms with E-state index in [9.17, 15) is 0 Å². The second-order valence-corrected chi connectivity index (χ2v) is 4.90. The molecule has 1 saturated carbocycles. The first-order chi connectivity index (χ1) is 8.22. The molecule has 5 nitrogen and oxygen atoms in total. The minimum atomic E-state index is -0.131. The van der Waals surface area contributed by atoms with Gasteiger partial charge in [-0.1, -0.05) is 24.9 Å². The van der Waals surface area contributed by atoms with Crippen molar-refractivity contribution >= 4 is 0 Å². The molecule has 0 aliphatic heterocycles. The fourth-order valence-corrected chi connectivity index (χ4v) is 2.29. The molecule has 0 bridgehead atoms. The van der Waals surface area contributed by atoms with Crippen LogP contribution in [0.15, 0.2) is 4.52 Å². The van der Waals surface area contributed by atoms with Crippen LogP contribution in [0.25, 0.3) is 0 Å². The van der Waals surface area contributed by atoms with E-state index in [1.807, 2.05) is 0 Å². The van der Waals surface area contributed by atoms with Crippen molar-refractivity contribution in [1.82, 2.24) is 10.1 Å². The zero-order chi connectivity index (χ0) is 12.1. The van der Waals surface area contributed by atoms with E-state index in [1.54, 1.807) is 0 Å². The summed E-state index contributed by atoms with van der Waals surface area (Å²) in [5, 5.41) is 3.89. The van der Waals surface area contributed by atoms with Gasteiger partial charge >= 0.3 is 0 Å². The van der Waals surface area contributed by atoms with Crippen molar-refractivity contribution in [2.75, 3.05) is 6.61 Å². The van der Waals surface area contributed by atoms with Crippen molar-refractivity contribution in [1.29, 1.82) is 0 Å². The lowest BCUT2D eigenvalue weighted by atomic mass is 9.95. The van der Waals surface area contributed by atoms with Crippen molar-refractivity contribution in [2.24, 2.45) is 5.73 Å². The third kappa shape index (κ3) is 3.51. The number of hydrogen-bond donors (Lipinski definition) is 1. The Morgan fingerprint density at radius 2 is 2.18 bits per heavy atom. The third-order valence-electron chi connectivity index (χ3n) is 3.19. The molecule has 0 radical (unpaired) electrons. The van der Waals surface area contributed by atoms with Gasteiger partial charge < -0.3 is 15.0 Å². The van der Waals surface area contributed by atoms with E-state index >= 15 is 0 Å². The van der Waals surface area contributed by atoms with Gasteiger partial charge in [0.2, 0.25) is 5.89 Å². The molecule has 2 rings (SSSR count). The molecule has 2 N–H and O–H groups in total. The number of nitrogens with two attached hydrogens (primary N) is 1. The molecule has 0 spiro atoms. The summed E-state index contributed by atoms with van der Waals surface area (Å²) in [7, 11) is 0. The average Bonchev–Trinajstić information content (AvgIpc) is 2.89. The number of ether oxygens (including phenoxy) is 1. The highest BCUT2D eigenvalue weighted by molar-refractivity contribution is 4.98. The molecule has 1 heterocycles. The quantitative estimate of drug-likeness (QED) is 0.766. The molecule has 1 aliphatic carbocycles. The fraction of sp³-hybridized carbons (Fsp3) is 0.833. The normalized spacial score (nSPS) is 18.7. The van der Waals surface area contributed by atoms with Crippen molar-refractivity contribution in [3.8, 4) is 0 Å². The number of hydrogen-bond acceptors (Lipinski definition) is 5. The zero-order valence-electron chi connectivity index (χ0n) is 10.4. The molecule has 5 heteroatoms. The van der Waals surface area contributed by atoms with E-state index in [1.165, 1.54) is 12.8 Å². The molecule has 17 heavy (non-hydrogen) atoms. The van der Waals surface area contributed by atoms with Gasteiger partial charge in [-0.25, -0.2) is 0 Å². The summed E-state index contributed by atoms with van der Waals surface area (Å²) in [5.41, 5.74) is 6.13. The summed E-state index contributed by atoms with van der Waals surface area (Å²) < 4.78 is 10.6. The minimum absolute atomic E-state index is 0.131. The maximum Gasteiger partial charge on any atom is 0.228 e. The molecule has 0 unspecified atom stereocenters. The van der Waals surface area contributed by atoms with Crippen LogP contribution in [-0.2, 0) is 17.8 Å². The largest absolute Gasteiger partial charge is 0.373 e. The van der Waals surface area contributed by atoms with E-state index in [4.69, 9.17) is 15.0 Å². The molecule has 96 valence electrons. The van der Waals surface area contributed by atoms with Gasteiger partial charge in [0, 0.05) is 18.6 Å². The highest BCUT2D eigenvalue weighted by atomic mass is 16.5. The number of nitrogens with zero attached hydrogens (tertiary/aromatic N) is 2. The summed E-state index contributed by atoms with van der Waals surface area (Å²) in [6, 6.07) is 0. The van der Waals surface area contributed by atoms with Gasteiger partial charge in [0.15, 0.2) is 5.82 Å². The second-order valence-electron chi connectivity index (χ2n) is 4.90. The van der Waals surface area contributed by atoms with E-state index in [0.29, 0.717) is 24.7 Å². The van der Waals surface area contributed by atoms with Crippen LogP contribution in [0.2, 0.25) is 0 Å². The van der Waals surface area contributed by atoms with Gasteiger partial charge in [0.1, 0.15) is 6.61 Å². The van der Waals surface area contributed by atoms with Crippen LogP contribution >= 0.6 is 0 Å². The Balaban J connectivity index is 1.85. The maximum absolute atomic E-state index is 6.26. The third-order valence-corrected chi connectivity index (χ3v) is 3.19. The molecular weight excluding hydrogens is 218 g/mol. The fourth-order valence-electron chi connectivity index (χ4n) is 2.29. The highest BCUT2D eigenvalue weighted by Gasteiger charge is 2.31. The summed E-state index contributed by atoms with van der Waals surface area (Å²) in [4.78, 5) is 4.31. The molecule has 1 aromatic heterocycles. The van der Waals surface area contributed by atoms with Crippen LogP contribution in [-0.4, -0.2) is 22.3 Å². The Labute approximate surface area is 102 Å². The van der Waals surface area contributed by atoms with Gasteiger partial charge in [-0.3, -0.25) is 0 Å². The van der Waals surface area contributed by atoms with Crippen LogP contribution in [0.3, 0.4) is 0 Å².